The van der Waals surface area contributed by atoms with Crippen LogP contribution in [0.1, 0.15) is 30.7 Å². The molecule has 0 bridgehead atoms. The Balaban J connectivity index is 2.01. The molecular weight excluding hydrogens is 264 g/mol. The monoisotopic (exact) mass is 282 g/mol. The van der Waals surface area contributed by atoms with Gasteiger partial charge in [0.25, 0.3) is 0 Å². The summed E-state index contributed by atoms with van der Waals surface area (Å²) >= 11 is 1.33. The lowest BCUT2D eigenvalue weighted by molar-refractivity contribution is -0.139. The van der Waals surface area contributed by atoms with Crippen molar-refractivity contribution in [2.45, 2.75) is 25.8 Å². The van der Waals surface area contributed by atoms with Crippen molar-refractivity contribution in [3.63, 3.8) is 0 Å². The summed E-state index contributed by atoms with van der Waals surface area (Å²) in [7, 11) is 0. The van der Waals surface area contributed by atoms with Gasteiger partial charge in [0.1, 0.15) is 0 Å². The molecule has 1 saturated heterocycles. The zero-order valence-electron chi connectivity index (χ0n) is 10.8. The maximum atomic E-state index is 12.1. The first-order valence-corrected chi connectivity index (χ1v) is 7.27. The van der Waals surface area contributed by atoms with E-state index in [1.165, 1.54) is 11.3 Å². The Labute approximate surface area is 116 Å². The number of nitrogens with one attached hydrogen (secondary N) is 1. The SMILES string of the molecule is CC1CCCN(C(=O)NC(C(=O)O)c2cccs2)C1. The summed E-state index contributed by atoms with van der Waals surface area (Å²) in [6.45, 7) is 3.50. The van der Waals surface area contributed by atoms with Crippen molar-refractivity contribution >= 4 is 23.3 Å². The van der Waals surface area contributed by atoms with E-state index < -0.39 is 12.0 Å². The average Bonchev–Trinajstić information content (AvgIpc) is 2.88. The van der Waals surface area contributed by atoms with Crippen LogP contribution in [0.15, 0.2) is 17.5 Å². The number of hydrogen-bond acceptors (Lipinski definition) is 3. The molecule has 0 aliphatic carbocycles. The summed E-state index contributed by atoms with van der Waals surface area (Å²) in [5, 5.41) is 13.6. The second kappa shape index (κ2) is 6.06. The summed E-state index contributed by atoms with van der Waals surface area (Å²) in [6, 6.07) is 2.27. The molecule has 6 heteroatoms. The van der Waals surface area contributed by atoms with Gasteiger partial charge in [-0.2, -0.15) is 0 Å². The summed E-state index contributed by atoms with van der Waals surface area (Å²) in [4.78, 5) is 25.7. The number of thiophene rings is 1. The average molecular weight is 282 g/mol. The largest absolute Gasteiger partial charge is 0.479 e. The van der Waals surface area contributed by atoms with Crippen molar-refractivity contribution < 1.29 is 14.7 Å². The number of hydrogen-bond donors (Lipinski definition) is 2. The molecule has 0 spiro atoms. The smallest absolute Gasteiger partial charge is 0.331 e. The van der Waals surface area contributed by atoms with E-state index in [1.807, 2.05) is 0 Å². The topological polar surface area (TPSA) is 69.6 Å². The number of carboxylic acid groups (broad SMARTS) is 1. The number of urea groups is 1. The van der Waals surface area contributed by atoms with Gasteiger partial charge in [-0.05, 0) is 30.2 Å². The molecule has 1 aliphatic rings. The molecule has 2 rings (SSSR count). The maximum absolute atomic E-state index is 12.1. The highest BCUT2D eigenvalue weighted by Gasteiger charge is 2.27. The van der Waals surface area contributed by atoms with E-state index in [4.69, 9.17) is 0 Å². The summed E-state index contributed by atoms with van der Waals surface area (Å²) in [6.07, 6.45) is 2.10. The number of aliphatic carboxylic acids is 1. The fourth-order valence-corrected chi connectivity index (χ4v) is 3.07. The summed E-state index contributed by atoms with van der Waals surface area (Å²) < 4.78 is 0. The van der Waals surface area contributed by atoms with Gasteiger partial charge in [-0.3, -0.25) is 0 Å². The van der Waals surface area contributed by atoms with Crippen LogP contribution < -0.4 is 5.32 Å². The Bertz CT molecular complexity index is 447. The van der Waals surface area contributed by atoms with E-state index in [-0.39, 0.29) is 6.03 Å². The zero-order chi connectivity index (χ0) is 13.8. The van der Waals surface area contributed by atoms with Crippen molar-refractivity contribution in [2.24, 2.45) is 5.92 Å². The first-order valence-electron chi connectivity index (χ1n) is 6.39. The minimum Gasteiger partial charge on any atom is -0.479 e. The van der Waals surface area contributed by atoms with Crippen molar-refractivity contribution in [3.8, 4) is 0 Å². The minimum absolute atomic E-state index is 0.285. The molecule has 1 aromatic rings. The molecule has 2 unspecified atom stereocenters. The predicted molar refractivity (Wildman–Crippen MR) is 73.2 cm³/mol. The van der Waals surface area contributed by atoms with Gasteiger partial charge in [-0.1, -0.05) is 13.0 Å². The van der Waals surface area contributed by atoms with Gasteiger partial charge < -0.3 is 15.3 Å². The van der Waals surface area contributed by atoms with Crippen molar-refractivity contribution in [1.29, 1.82) is 0 Å². The standard InChI is InChI=1S/C13H18N2O3S/c1-9-4-2-6-15(8-9)13(18)14-11(12(16)17)10-5-3-7-19-10/h3,5,7,9,11H,2,4,6,8H2,1H3,(H,14,18)(H,16,17). The Morgan fingerprint density at radius 3 is 2.95 bits per heavy atom. The summed E-state index contributed by atoms with van der Waals surface area (Å²) in [5.74, 6) is -0.551. The number of amides is 2. The van der Waals surface area contributed by atoms with Crippen molar-refractivity contribution in [2.75, 3.05) is 13.1 Å². The first kappa shape index (κ1) is 13.9. The number of carboxylic acids is 1. The molecule has 2 amide bonds. The number of carbonyl (C=O) groups is 2. The molecule has 0 aromatic carbocycles. The van der Waals surface area contributed by atoms with Crippen LogP contribution in [-0.2, 0) is 4.79 Å². The second-order valence-electron chi connectivity index (χ2n) is 4.93. The van der Waals surface area contributed by atoms with Crippen LogP contribution in [0.25, 0.3) is 0 Å². The third-order valence-electron chi connectivity index (χ3n) is 3.29. The van der Waals surface area contributed by atoms with E-state index in [9.17, 15) is 14.7 Å². The van der Waals surface area contributed by atoms with Crippen LogP contribution in [0.2, 0.25) is 0 Å². The minimum atomic E-state index is -1.03. The number of carbonyl (C=O) groups excluding carboxylic acids is 1. The van der Waals surface area contributed by atoms with E-state index in [0.717, 1.165) is 12.8 Å². The van der Waals surface area contributed by atoms with Crippen LogP contribution in [0, 0.1) is 5.92 Å². The van der Waals surface area contributed by atoms with E-state index in [1.54, 1.807) is 22.4 Å². The molecule has 2 N–H and O–H groups in total. The van der Waals surface area contributed by atoms with Crippen LogP contribution >= 0.6 is 11.3 Å². The zero-order valence-corrected chi connectivity index (χ0v) is 11.7. The highest BCUT2D eigenvalue weighted by molar-refractivity contribution is 7.10. The molecule has 19 heavy (non-hydrogen) atoms. The third kappa shape index (κ3) is 3.47. The molecule has 5 nitrogen and oxygen atoms in total. The Kier molecular flexibility index (Phi) is 4.42. The quantitative estimate of drug-likeness (QED) is 0.894. The highest BCUT2D eigenvalue weighted by Crippen LogP contribution is 2.21. The normalized spacial score (nSPS) is 20.9. The lowest BCUT2D eigenvalue weighted by Gasteiger charge is -2.31. The van der Waals surface area contributed by atoms with Crippen LogP contribution in [0.5, 0.6) is 0 Å². The molecule has 0 radical (unpaired) electrons. The molecule has 2 atom stereocenters. The number of likely N-dealkylation sites (tertiary alicyclic amines) is 1. The van der Waals surface area contributed by atoms with E-state index in [0.29, 0.717) is 23.9 Å². The van der Waals surface area contributed by atoms with Crippen LogP contribution in [-0.4, -0.2) is 35.1 Å². The molecule has 1 aromatic heterocycles. The van der Waals surface area contributed by atoms with Gasteiger partial charge in [0, 0.05) is 18.0 Å². The number of piperidine rings is 1. The maximum Gasteiger partial charge on any atom is 0.331 e. The fraction of sp³-hybridized carbons (Fsp3) is 0.538. The van der Waals surface area contributed by atoms with Crippen molar-refractivity contribution in [3.05, 3.63) is 22.4 Å². The van der Waals surface area contributed by atoms with Gasteiger partial charge in [0.05, 0.1) is 0 Å². The molecular formula is C13H18N2O3S. The third-order valence-corrected chi connectivity index (χ3v) is 4.22. The second-order valence-corrected chi connectivity index (χ2v) is 5.91. The number of rotatable bonds is 3. The molecule has 1 aliphatic heterocycles. The number of nitrogens with zero attached hydrogens (tertiary/aromatic N) is 1. The Morgan fingerprint density at radius 1 is 1.58 bits per heavy atom. The van der Waals surface area contributed by atoms with Gasteiger partial charge in [-0.15, -0.1) is 11.3 Å². The van der Waals surface area contributed by atoms with Gasteiger partial charge in [0.2, 0.25) is 0 Å². The fourth-order valence-electron chi connectivity index (χ4n) is 2.30. The van der Waals surface area contributed by atoms with Gasteiger partial charge in [0.15, 0.2) is 6.04 Å². The molecule has 1 fully saturated rings. The van der Waals surface area contributed by atoms with Crippen LogP contribution in [0.3, 0.4) is 0 Å². The van der Waals surface area contributed by atoms with Gasteiger partial charge in [-0.25, -0.2) is 9.59 Å². The molecule has 2 heterocycles. The predicted octanol–water partition coefficient (Wildman–Crippen LogP) is 2.32. The Hall–Kier alpha value is -1.56. The van der Waals surface area contributed by atoms with E-state index >= 15 is 0 Å². The Morgan fingerprint density at radius 2 is 2.37 bits per heavy atom. The van der Waals surface area contributed by atoms with Gasteiger partial charge >= 0.3 is 12.0 Å². The lowest BCUT2D eigenvalue weighted by Crippen LogP contribution is -2.47. The van der Waals surface area contributed by atoms with E-state index in [2.05, 4.69) is 12.2 Å². The summed E-state index contributed by atoms with van der Waals surface area (Å²) in [5.41, 5.74) is 0. The first-order chi connectivity index (χ1) is 9.08. The molecule has 104 valence electrons. The lowest BCUT2D eigenvalue weighted by atomic mass is 10.0. The molecule has 0 saturated carbocycles. The van der Waals surface area contributed by atoms with Crippen LogP contribution in [0.4, 0.5) is 4.79 Å². The van der Waals surface area contributed by atoms with Crippen molar-refractivity contribution in [1.82, 2.24) is 10.2 Å². The highest BCUT2D eigenvalue weighted by atomic mass is 32.1.